The van der Waals surface area contributed by atoms with Crippen LogP contribution in [0.25, 0.3) is 6.08 Å². The average molecular weight is 510 g/mol. The third-order valence-electron chi connectivity index (χ3n) is 4.92. The number of aromatic amines is 1. The molecule has 0 aliphatic carbocycles. The summed E-state index contributed by atoms with van der Waals surface area (Å²) in [6, 6.07) is 9.01. The molecule has 1 fully saturated rings. The lowest BCUT2D eigenvalue weighted by molar-refractivity contribution is -0.131. The van der Waals surface area contributed by atoms with E-state index in [4.69, 9.17) is 0 Å². The second-order valence-corrected chi connectivity index (χ2v) is 9.02. The fraction of sp³-hybridized carbons (Fsp3) is 0.350. The number of H-pyrrole nitrogens is 1. The first-order valence-corrected chi connectivity index (χ1v) is 11.0. The molecule has 28 heavy (non-hydrogen) atoms. The van der Waals surface area contributed by atoms with Crippen molar-refractivity contribution in [2.45, 2.75) is 36.6 Å². The highest BCUT2D eigenvalue weighted by Crippen LogP contribution is 2.34. The molecule has 1 aromatic carbocycles. The number of carbonyl (C=O) groups is 2. The van der Waals surface area contributed by atoms with Gasteiger partial charge in [-0.1, -0.05) is 76.0 Å². The molecular weight excluding hydrogens is 488 g/mol. The van der Waals surface area contributed by atoms with Crippen LogP contribution in [-0.4, -0.2) is 38.0 Å². The van der Waals surface area contributed by atoms with Crippen molar-refractivity contribution in [3.05, 3.63) is 59.3 Å². The number of piperazine rings is 1. The predicted molar refractivity (Wildman–Crippen MR) is 116 cm³/mol. The minimum absolute atomic E-state index is 0.155. The van der Waals surface area contributed by atoms with Gasteiger partial charge in [0.2, 0.25) is 5.91 Å². The summed E-state index contributed by atoms with van der Waals surface area (Å²) in [5.74, 6) is -0.548. The lowest BCUT2D eigenvalue weighted by Gasteiger charge is -2.29. The lowest BCUT2D eigenvalue weighted by atomic mass is 9.85. The Labute approximate surface area is 180 Å². The number of hydrogen-bond donors (Lipinski definition) is 3. The van der Waals surface area contributed by atoms with Crippen LogP contribution in [0.15, 0.2) is 42.4 Å². The van der Waals surface area contributed by atoms with Crippen LogP contribution < -0.4 is 10.6 Å². The largest absolute Gasteiger partial charge is 0.347 e. The van der Waals surface area contributed by atoms with Gasteiger partial charge in [0.1, 0.15) is 11.7 Å². The number of imidazole rings is 1. The first kappa shape index (κ1) is 20.8. The minimum atomic E-state index is -0.595. The van der Waals surface area contributed by atoms with E-state index < -0.39 is 6.04 Å². The molecule has 2 unspecified atom stereocenters. The number of alkyl halides is 2. The van der Waals surface area contributed by atoms with Crippen LogP contribution in [0.3, 0.4) is 0 Å². The maximum Gasteiger partial charge on any atom is 0.268 e. The van der Waals surface area contributed by atoms with Gasteiger partial charge in [0.05, 0.1) is 12.0 Å². The van der Waals surface area contributed by atoms with Crippen molar-refractivity contribution in [1.82, 2.24) is 20.6 Å². The van der Waals surface area contributed by atoms with Crippen LogP contribution in [0, 0.1) is 0 Å². The molecule has 0 radical (unpaired) electrons. The van der Waals surface area contributed by atoms with E-state index in [2.05, 4.69) is 66.3 Å². The van der Waals surface area contributed by atoms with E-state index in [1.54, 1.807) is 12.4 Å². The Bertz CT molecular complexity index is 893. The Morgan fingerprint density at radius 1 is 1.25 bits per heavy atom. The summed E-state index contributed by atoms with van der Waals surface area (Å²) >= 11 is 7.17. The van der Waals surface area contributed by atoms with Crippen LogP contribution in [0.5, 0.6) is 0 Å². The number of amides is 2. The Morgan fingerprint density at radius 3 is 2.64 bits per heavy atom. The van der Waals surface area contributed by atoms with E-state index in [-0.39, 0.29) is 27.8 Å². The molecule has 2 heterocycles. The van der Waals surface area contributed by atoms with Gasteiger partial charge in [-0.15, -0.1) is 0 Å². The Hall–Kier alpha value is -1.93. The fourth-order valence-corrected chi connectivity index (χ4v) is 4.13. The van der Waals surface area contributed by atoms with E-state index in [1.807, 2.05) is 30.3 Å². The molecule has 2 atom stereocenters. The second-order valence-electron chi connectivity index (χ2n) is 7.27. The third kappa shape index (κ3) is 4.38. The molecule has 0 spiro atoms. The molecule has 1 aliphatic rings. The van der Waals surface area contributed by atoms with Gasteiger partial charge >= 0.3 is 0 Å². The molecule has 6 nitrogen and oxygen atoms in total. The zero-order valence-corrected chi connectivity index (χ0v) is 18.8. The van der Waals surface area contributed by atoms with Crippen molar-refractivity contribution in [2.24, 2.45) is 0 Å². The highest BCUT2D eigenvalue weighted by Gasteiger charge is 2.34. The zero-order valence-electron chi connectivity index (χ0n) is 15.6. The molecule has 1 aliphatic heterocycles. The molecule has 0 bridgehead atoms. The molecule has 2 amide bonds. The number of nitrogens with one attached hydrogen (secondary N) is 3. The molecular formula is C20H22Br2N4O2. The van der Waals surface area contributed by atoms with Gasteiger partial charge in [0, 0.05) is 27.7 Å². The van der Waals surface area contributed by atoms with Gasteiger partial charge in [-0.05, 0) is 11.6 Å². The molecule has 3 N–H and O–H groups in total. The van der Waals surface area contributed by atoms with Crippen molar-refractivity contribution in [3.8, 4) is 0 Å². The van der Waals surface area contributed by atoms with Gasteiger partial charge in [-0.25, -0.2) is 4.98 Å². The van der Waals surface area contributed by atoms with Gasteiger partial charge in [-0.3, -0.25) is 9.59 Å². The molecule has 3 rings (SSSR count). The molecule has 1 aromatic heterocycles. The lowest BCUT2D eigenvalue weighted by Crippen LogP contribution is -2.55. The smallest absolute Gasteiger partial charge is 0.268 e. The summed E-state index contributed by atoms with van der Waals surface area (Å²) in [6.45, 7) is 4.16. The molecule has 0 saturated carbocycles. The van der Waals surface area contributed by atoms with Crippen molar-refractivity contribution in [2.75, 3.05) is 5.33 Å². The Kier molecular flexibility index (Phi) is 6.40. The van der Waals surface area contributed by atoms with Gasteiger partial charge < -0.3 is 15.6 Å². The Balaban J connectivity index is 1.80. The van der Waals surface area contributed by atoms with E-state index in [9.17, 15) is 9.59 Å². The Morgan fingerprint density at radius 2 is 1.96 bits per heavy atom. The van der Waals surface area contributed by atoms with Crippen molar-refractivity contribution in [3.63, 3.8) is 0 Å². The van der Waals surface area contributed by atoms with Crippen molar-refractivity contribution in [1.29, 1.82) is 0 Å². The second kappa shape index (κ2) is 8.61. The zero-order chi connectivity index (χ0) is 20.3. The summed E-state index contributed by atoms with van der Waals surface area (Å²) in [5, 5.41) is 6.28. The molecule has 8 heteroatoms. The first-order chi connectivity index (χ1) is 13.3. The highest BCUT2D eigenvalue weighted by atomic mass is 79.9. The third-order valence-corrected chi connectivity index (χ3v) is 7.90. The van der Waals surface area contributed by atoms with Crippen LogP contribution in [0.1, 0.15) is 30.8 Å². The topological polar surface area (TPSA) is 86.9 Å². The quantitative estimate of drug-likeness (QED) is 0.413. The van der Waals surface area contributed by atoms with E-state index in [0.717, 1.165) is 16.6 Å². The molecule has 2 aromatic rings. The van der Waals surface area contributed by atoms with E-state index >= 15 is 0 Å². The average Bonchev–Trinajstić information content (AvgIpc) is 3.15. The summed E-state index contributed by atoms with van der Waals surface area (Å²) < 4.78 is 0. The predicted octanol–water partition coefficient (Wildman–Crippen LogP) is 3.04. The van der Waals surface area contributed by atoms with Gasteiger partial charge in [-0.2, -0.15) is 0 Å². The standard InChI is InChI=1S/C20H22Br2N4O2/c1-20(2,16(22)10-21)17-13(23-11-24-17)9-15-19(28)25-14(18(27)26-15)8-12-6-4-3-5-7-12/h3-7,9,11,14,16H,8,10H2,1-2H3,(H,23,24)(H,25,28)(H,26,27)/b15-9-. The SMILES string of the molecule is CC(C)(c1[nH]cnc1/C=C1\NC(=O)C(Cc2ccccc2)NC1=O)C(Br)CBr. The van der Waals surface area contributed by atoms with Crippen LogP contribution in [-0.2, 0) is 21.4 Å². The highest BCUT2D eigenvalue weighted by molar-refractivity contribution is 9.12. The number of aromatic nitrogens is 2. The maximum atomic E-state index is 12.6. The van der Waals surface area contributed by atoms with Crippen molar-refractivity contribution < 1.29 is 9.59 Å². The number of halogens is 2. The fourth-order valence-electron chi connectivity index (χ4n) is 3.09. The van der Waals surface area contributed by atoms with E-state index in [0.29, 0.717) is 12.1 Å². The monoisotopic (exact) mass is 508 g/mol. The van der Waals surface area contributed by atoms with Crippen LogP contribution in [0.4, 0.5) is 0 Å². The van der Waals surface area contributed by atoms with E-state index in [1.165, 1.54) is 0 Å². The summed E-state index contributed by atoms with van der Waals surface area (Å²) in [7, 11) is 0. The summed E-state index contributed by atoms with van der Waals surface area (Å²) in [6.07, 6.45) is 3.66. The normalized spacial score (nSPS) is 20.0. The number of benzene rings is 1. The first-order valence-electron chi connectivity index (χ1n) is 8.94. The summed E-state index contributed by atoms with van der Waals surface area (Å²) in [5.41, 5.74) is 2.43. The molecule has 148 valence electrons. The van der Waals surface area contributed by atoms with Crippen LogP contribution in [0.2, 0.25) is 0 Å². The minimum Gasteiger partial charge on any atom is -0.347 e. The summed E-state index contributed by atoms with van der Waals surface area (Å²) in [4.78, 5) is 32.7. The number of rotatable bonds is 6. The number of carbonyl (C=O) groups excluding carboxylic acids is 2. The number of nitrogens with zero attached hydrogens (tertiary/aromatic N) is 1. The maximum absolute atomic E-state index is 12.6. The van der Waals surface area contributed by atoms with Crippen molar-refractivity contribution >= 4 is 49.8 Å². The van der Waals surface area contributed by atoms with Crippen LogP contribution >= 0.6 is 31.9 Å². The van der Waals surface area contributed by atoms with Gasteiger partial charge in [0.15, 0.2) is 0 Å². The number of hydrogen-bond acceptors (Lipinski definition) is 3. The van der Waals surface area contributed by atoms with Gasteiger partial charge in [0.25, 0.3) is 5.91 Å². The molecule has 1 saturated heterocycles.